The van der Waals surface area contributed by atoms with Gasteiger partial charge in [-0.3, -0.25) is 4.79 Å². The molecule has 0 aliphatic carbocycles. The number of rotatable bonds is 5. The molecule has 82 valence electrons. The Balaban J connectivity index is 2.14. The van der Waals surface area contributed by atoms with Crippen LogP contribution in [0.2, 0.25) is 0 Å². The van der Waals surface area contributed by atoms with E-state index in [9.17, 15) is 4.79 Å². The van der Waals surface area contributed by atoms with Gasteiger partial charge in [-0.25, -0.2) is 0 Å². The van der Waals surface area contributed by atoms with Crippen LogP contribution in [0.5, 0.6) is 0 Å². The van der Waals surface area contributed by atoms with Gasteiger partial charge in [-0.05, 0) is 31.8 Å². The number of methoxy groups -OCH3 is 1. The first-order valence-electron chi connectivity index (χ1n) is 5.22. The highest BCUT2D eigenvalue weighted by Crippen LogP contribution is 2.19. The van der Waals surface area contributed by atoms with Crippen molar-refractivity contribution in [2.45, 2.75) is 19.3 Å². The van der Waals surface area contributed by atoms with Crippen LogP contribution in [0.4, 0.5) is 0 Å². The molecule has 1 rings (SSSR count). The summed E-state index contributed by atoms with van der Waals surface area (Å²) >= 11 is 0. The minimum absolute atomic E-state index is 0.166. The van der Waals surface area contributed by atoms with Crippen molar-refractivity contribution in [3.8, 4) is 0 Å². The van der Waals surface area contributed by atoms with Crippen LogP contribution in [0.1, 0.15) is 19.3 Å². The largest absolute Gasteiger partial charge is 0.383 e. The Labute approximate surface area is 85.4 Å². The van der Waals surface area contributed by atoms with Gasteiger partial charge >= 0.3 is 0 Å². The van der Waals surface area contributed by atoms with Crippen molar-refractivity contribution in [1.29, 1.82) is 0 Å². The number of amides is 1. The minimum Gasteiger partial charge on any atom is -0.383 e. The molecule has 1 fully saturated rings. The van der Waals surface area contributed by atoms with Crippen molar-refractivity contribution >= 4 is 5.91 Å². The van der Waals surface area contributed by atoms with Gasteiger partial charge in [-0.1, -0.05) is 0 Å². The fourth-order valence-electron chi connectivity index (χ4n) is 1.92. The Morgan fingerprint density at radius 3 is 2.64 bits per heavy atom. The SMILES string of the molecule is COCCN1CCC(CC(N)=O)CC1. The van der Waals surface area contributed by atoms with E-state index in [0.717, 1.165) is 39.1 Å². The molecule has 4 nitrogen and oxygen atoms in total. The maximum Gasteiger partial charge on any atom is 0.217 e. The third-order valence-electron chi connectivity index (χ3n) is 2.81. The summed E-state index contributed by atoms with van der Waals surface area (Å²) in [6, 6.07) is 0. The molecular weight excluding hydrogens is 180 g/mol. The van der Waals surface area contributed by atoms with Gasteiger partial charge in [0.2, 0.25) is 5.91 Å². The standard InChI is InChI=1S/C10H20N2O2/c1-14-7-6-12-4-2-9(3-5-12)8-10(11)13/h9H,2-8H2,1H3,(H2,11,13). The second kappa shape index (κ2) is 5.98. The molecule has 0 unspecified atom stereocenters. The molecule has 1 saturated heterocycles. The molecule has 0 spiro atoms. The zero-order valence-electron chi connectivity index (χ0n) is 8.87. The van der Waals surface area contributed by atoms with Crippen LogP contribution in [0.15, 0.2) is 0 Å². The number of nitrogens with zero attached hydrogens (tertiary/aromatic N) is 1. The van der Waals surface area contributed by atoms with Crippen LogP contribution < -0.4 is 5.73 Å². The Morgan fingerprint density at radius 2 is 2.14 bits per heavy atom. The first-order chi connectivity index (χ1) is 6.72. The van der Waals surface area contributed by atoms with Crippen molar-refractivity contribution in [3.05, 3.63) is 0 Å². The Morgan fingerprint density at radius 1 is 1.50 bits per heavy atom. The number of piperidine rings is 1. The zero-order chi connectivity index (χ0) is 10.4. The molecule has 1 heterocycles. The lowest BCUT2D eigenvalue weighted by atomic mass is 9.93. The summed E-state index contributed by atoms with van der Waals surface area (Å²) in [5.74, 6) is 0.339. The van der Waals surface area contributed by atoms with E-state index in [2.05, 4.69) is 4.90 Å². The molecule has 4 heteroatoms. The van der Waals surface area contributed by atoms with E-state index in [1.807, 2.05) is 0 Å². The van der Waals surface area contributed by atoms with Gasteiger partial charge in [0.15, 0.2) is 0 Å². The number of primary amides is 1. The molecule has 1 amide bonds. The van der Waals surface area contributed by atoms with E-state index in [1.54, 1.807) is 7.11 Å². The fraction of sp³-hybridized carbons (Fsp3) is 0.900. The number of carbonyl (C=O) groups excluding carboxylic acids is 1. The van der Waals surface area contributed by atoms with Gasteiger partial charge in [0.05, 0.1) is 6.61 Å². The predicted octanol–water partition coefficient (Wildman–Crippen LogP) is 0.220. The quantitative estimate of drug-likeness (QED) is 0.690. The topological polar surface area (TPSA) is 55.6 Å². The molecule has 2 N–H and O–H groups in total. The second-order valence-corrected chi connectivity index (χ2v) is 3.95. The molecule has 14 heavy (non-hydrogen) atoms. The van der Waals surface area contributed by atoms with Crippen LogP contribution in [-0.2, 0) is 9.53 Å². The molecule has 1 aliphatic heterocycles. The van der Waals surface area contributed by atoms with Gasteiger partial charge in [0.1, 0.15) is 0 Å². The minimum atomic E-state index is -0.166. The lowest BCUT2D eigenvalue weighted by Gasteiger charge is -2.31. The van der Waals surface area contributed by atoms with Crippen LogP contribution in [0.25, 0.3) is 0 Å². The van der Waals surface area contributed by atoms with Crippen molar-refractivity contribution in [3.63, 3.8) is 0 Å². The first-order valence-corrected chi connectivity index (χ1v) is 5.22. The molecule has 0 aromatic rings. The highest BCUT2D eigenvalue weighted by atomic mass is 16.5. The van der Waals surface area contributed by atoms with Crippen LogP contribution >= 0.6 is 0 Å². The number of hydrogen-bond acceptors (Lipinski definition) is 3. The van der Waals surface area contributed by atoms with E-state index < -0.39 is 0 Å². The molecule has 0 aromatic carbocycles. The third-order valence-corrected chi connectivity index (χ3v) is 2.81. The van der Waals surface area contributed by atoms with Crippen molar-refractivity contribution in [1.82, 2.24) is 4.90 Å². The number of likely N-dealkylation sites (tertiary alicyclic amines) is 1. The van der Waals surface area contributed by atoms with Crippen molar-refractivity contribution < 1.29 is 9.53 Å². The van der Waals surface area contributed by atoms with Gasteiger partial charge < -0.3 is 15.4 Å². The normalized spacial score (nSPS) is 19.8. The number of hydrogen-bond donors (Lipinski definition) is 1. The van der Waals surface area contributed by atoms with Crippen LogP contribution in [0.3, 0.4) is 0 Å². The van der Waals surface area contributed by atoms with Gasteiger partial charge in [-0.15, -0.1) is 0 Å². The van der Waals surface area contributed by atoms with E-state index in [4.69, 9.17) is 10.5 Å². The molecule has 0 saturated carbocycles. The van der Waals surface area contributed by atoms with E-state index in [-0.39, 0.29) is 5.91 Å². The van der Waals surface area contributed by atoms with Gasteiger partial charge in [-0.2, -0.15) is 0 Å². The van der Waals surface area contributed by atoms with E-state index >= 15 is 0 Å². The number of ether oxygens (including phenoxy) is 1. The Hall–Kier alpha value is -0.610. The van der Waals surface area contributed by atoms with Crippen molar-refractivity contribution in [2.75, 3.05) is 33.4 Å². The second-order valence-electron chi connectivity index (χ2n) is 3.95. The summed E-state index contributed by atoms with van der Waals surface area (Å²) in [7, 11) is 1.72. The van der Waals surface area contributed by atoms with E-state index in [1.165, 1.54) is 0 Å². The summed E-state index contributed by atoms with van der Waals surface area (Å²) in [6.07, 6.45) is 2.73. The molecule has 0 bridgehead atoms. The average molecular weight is 200 g/mol. The average Bonchev–Trinajstić information content (AvgIpc) is 2.16. The third kappa shape index (κ3) is 4.07. The highest BCUT2D eigenvalue weighted by Gasteiger charge is 2.19. The summed E-state index contributed by atoms with van der Waals surface area (Å²) in [5.41, 5.74) is 5.17. The van der Waals surface area contributed by atoms with E-state index in [0.29, 0.717) is 12.3 Å². The lowest BCUT2D eigenvalue weighted by Crippen LogP contribution is -2.36. The molecule has 0 radical (unpaired) electrons. The number of carbonyl (C=O) groups is 1. The van der Waals surface area contributed by atoms with Gasteiger partial charge in [0, 0.05) is 20.1 Å². The smallest absolute Gasteiger partial charge is 0.217 e. The Bertz CT molecular complexity index is 177. The zero-order valence-corrected chi connectivity index (χ0v) is 8.87. The summed E-state index contributed by atoms with van der Waals surface area (Å²) < 4.78 is 5.02. The number of nitrogens with two attached hydrogens (primary N) is 1. The first kappa shape index (κ1) is 11.5. The van der Waals surface area contributed by atoms with Crippen molar-refractivity contribution in [2.24, 2.45) is 11.7 Å². The predicted molar refractivity (Wildman–Crippen MR) is 54.9 cm³/mol. The summed E-state index contributed by atoms with van der Waals surface area (Å²) in [5, 5.41) is 0. The maximum atomic E-state index is 10.7. The lowest BCUT2D eigenvalue weighted by molar-refractivity contribution is -0.119. The maximum absolute atomic E-state index is 10.7. The fourth-order valence-corrected chi connectivity index (χ4v) is 1.92. The summed E-state index contributed by atoms with van der Waals surface area (Å²) in [6.45, 7) is 3.93. The molecule has 1 aliphatic rings. The highest BCUT2D eigenvalue weighted by molar-refractivity contribution is 5.73. The Kier molecular flexibility index (Phi) is 4.90. The summed E-state index contributed by atoms with van der Waals surface area (Å²) in [4.78, 5) is 13.1. The molecule has 0 aromatic heterocycles. The van der Waals surface area contributed by atoms with Gasteiger partial charge in [0.25, 0.3) is 0 Å². The molecular formula is C10H20N2O2. The monoisotopic (exact) mass is 200 g/mol. The van der Waals surface area contributed by atoms with Crippen LogP contribution in [-0.4, -0.2) is 44.2 Å². The molecule has 0 atom stereocenters. The van der Waals surface area contributed by atoms with Crippen LogP contribution in [0, 0.1) is 5.92 Å².